The van der Waals surface area contributed by atoms with Gasteiger partial charge in [-0.2, -0.15) is 0 Å². The Bertz CT molecular complexity index is 145. The molecule has 2 aliphatic rings. The van der Waals surface area contributed by atoms with Crippen molar-refractivity contribution in [1.29, 1.82) is 0 Å². The number of rotatable bonds is 1. The smallest absolute Gasteiger partial charge is 0.125 e. The van der Waals surface area contributed by atoms with E-state index in [1.807, 2.05) is 0 Å². The molecule has 0 aromatic rings. The van der Waals surface area contributed by atoms with E-state index in [0.29, 0.717) is 19.1 Å². The van der Waals surface area contributed by atoms with Gasteiger partial charge in [0.05, 0.1) is 0 Å². The number of halogens is 1. The maximum atomic E-state index is 12.5. The van der Waals surface area contributed by atoms with Gasteiger partial charge in [-0.05, 0) is 20.0 Å². The molecule has 11 heavy (non-hydrogen) atoms. The minimum Gasteiger partial charge on any atom is -0.305 e. The Morgan fingerprint density at radius 2 is 2.00 bits per heavy atom. The maximum Gasteiger partial charge on any atom is 0.125 e. The van der Waals surface area contributed by atoms with Crippen LogP contribution in [0.25, 0.3) is 0 Å². The summed E-state index contributed by atoms with van der Waals surface area (Å²) in [5.41, 5.74) is 0. The van der Waals surface area contributed by atoms with Crippen molar-refractivity contribution in [2.45, 2.75) is 18.6 Å². The highest BCUT2D eigenvalue weighted by atomic mass is 19.1. The zero-order valence-corrected chi connectivity index (χ0v) is 6.96. The summed E-state index contributed by atoms with van der Waals surface area (Å²) >= 11 is 0. The Labute approximate surface area is 67.0 Å². The fourth-order valence-corrected chi connectivity index (χ4v) is 1.96. The average molecular weight is 158 g/mol. The van der Waals surface area contributed by atoms with Crippen LogP contribution in [0.5, 0.6) is 0 Å². The van der Waals surface area contributed by atoms with Crippen LogP contribution in [0, 0.1) is 0 Å². The Balaban J connectivity index is 1.79. The summed E-state index contributed by atoms with van der Waals surface area (Å²) in [6.45, 7) is 3.67. The summed E-state index contributed by atoms with van der Waals surface area (Å²) in [4.78, 5) is 4.57. The lowest BCUT2D eigenvalue weighted by Gasteiger charge is -2.38. The van der Waals surface area contributed by atoms with Crippen molar-refractivity contribution >= 4 is 0 Å². The fourth-order valence-electron chi connectivity index (χ4n) is 1.96. The quantitative estimate of drug-likeness (QED) is 0.543. The minimum atomic E-state index is -0.541. The molecule has 2 nitrogen and oxygen atoms in total. The van der Waals surface area contributed by atoms with E-state index in [4.69, 9.17) is 0 Å². The second kappa shape index (κ2) is 2.72. The first-order chi connectivity index (χ1) is 5.25. The van der Waals surface area contributed by atoms with Gasteiger partial charge in [0.1, 0.15) is 6.17 Å². The second-order valence-electron chi connectivity index (χ2n) is 3.76. The van der Waals surface area contributed by atoms with E-state index in [2.05, 4.69) is 16.8 Å². The molecule has 2 aliphatic heterocycles. The topological polar surface area (TPSA) is 6.48 Å². The van der Waals surface area contributed by atoms with Crippen molar-refractivity contribution < 1.29 is 4.39 Å². The molecule has 2 heterocycles. The van der Waals surface area contributed by atoms with E-state index >= 15 is 0 Å². The number of alkyl halides is 1. The van der Waals surface area contributed by atoms with E-state index in [1.54, 1.807) is 0 Å². The lowest BCUT2D eigenvalue weighted by atomic mass is 10.1. The maximum absolute atomic E-state index is 12.5. The predicted octanol–water partition coefficient (Wildman–Crippen LogP) is 0.344. The molecule has 0 aromatic carbocycles. The van der Waals surface area contributed by atoms with Gasteiger partial charge in [-0.1, -0.05) is 0 Å². The van der Waals surface area contributed by atoms with Crippen LogP contribution in [0.2, 0.25) is 0 Å². The summed E-state index contributed by atoms with van der Waals surface area (Å²) in [5, 5.41) is 0. The van der Waals surface area contributed by atoms with Crippen LogP contribution in [0.1, 0.15) is 6.42 Å². The molecule has 0 saturated carbocycles. The standard InChI is InChI=1S/C8H15FN2/c1-10-3-2-8(6-10)11-4-7(9)5-11/h7-8H,2-6H2,1H3/t8-/m0/s1. The normalized spacial score (nSPS) is 36.0. The molecule has 64 valence electrons. The Morgan fingerprint density at radius 3 is 2.45 bits per heavy atom. The third-order valence-corrected chi connectivity index (χ3v) is 2.75. The van der Waals surface area contributed by atoms with Gasteiger partial charge in [0.2, 0.25) is 0 Å². The minimum absolute atomic E-state index is 0.541. The molecule has 0 radical (unpaired) electrons. The lowest BCUT2D eigenvalue weighted by Crippen LogP contribution is -2.54. The molecular weight excluding hydrogens is 143 g/mol. The van der Waals surface area contributed by atoms with Crippen LogP contribution >= 0.6 is 0 Å². The summed E-state index contributed by atoms with van der Waals surface area (Å²) < 4.78 is 12.5. The predicted molar refractivity (Wildman–Crippen MR) is 42.4 cm³/mol. The first-order valence-corrected chi connectivity index (χ1v) is 4.32. The van der Waals surface area contributed by atoms with E-state index in [1.165, 1.54) is 13.0 Å². The van der Waals surface area contributed by atoms with Crippen LogP contribution < -0.4 is 0 Å². The number of likely N-dealkylation sites (N-methyl/N-ethyl adjacent to an activating group) is 1. The van der Waals surface area contributed by atoms with Gasteiger partial charge in [0.15, 0.2) is 0 Å². The van der Waals surface area contributed by atoms with Gasteiger partial charge in [0.25, 0.3) is 0 Å². The molecule has 2 saturated heterocycles. The van der Waals surface area contributed by atoms with Crippen LogP contribution in [0.3, 0.4) is 0 Å². The van der Waals surface area contributed by atoms with Gasteiger partial charge in [-0.25, -0.2) is 4.39 Å². The van der Waals surface area contributed by atoms with Gasteiger partial charge in [-0.15, -0.1) is 0 Å². The van der Waals surface area contributed by atoms with E-state index in [0.717, 1.165) is 6.54 Å². The third kappa shape index (κ3) is 1.40. The number of hydrogen-bond acceptors (Lipinski definition) is 2. The highest BCUT2D eigenvalue weighted by Crippen LogP contribution is 2.21. The van der Waals surface area contributed by atoms with Crippen molar-refractivity contribution in [1.82, 2.24) is 9.80 Å². The molecule has 2 fully saturated rings. The molecule has 0 N–H and O–H groups in total. The first kappa shape index (κ1) is 7.50. The highest BCUT2D eigenvalue weighted by molar-refractivity contribution is 4.89. The molecule has 0 amide bonds. The van der Waals surface area contributed by atoms with Gasteiger partial charge >= 0.3 is 0 Å². The van der Waals surface area contributed by atoms with E-state index < -0.39 is 6.17 Å². The van der Waals surface area contributed by atoms with E-state index in [9.17, 15) is 4.39 Å². The molecule has 0 aromatic heterocycles. The van der Waals surface area contributed by atoms with Crippen molar-refractivity contribution in [3.63, 3.8) is 0 Å². The number of hydrogen-bond donors (Lipinski definition) is 0. The second-order valence-corrected chi connectivity index (χ2v) is 3.76. The molecule has 0 aliphatic carbocycles. The van der Waals surface area contributed by atoms with Crippen molar-refractivity contribution in [3.05, 3.63) is 0 Å². The van der Waals surface area contributed by atoms with Crippen molar-refractivity contribution in [3.8, 4) is 0 Å². The van der Waals surface area contributed by atoms with Crippen molar-refractivity contribution in [2.24, 2.45) is 0 Å². The highest BCUT2D eigenvalue weighted by Gasteiger charge is 2.34. The molecule has 1 atom stereocenters. The molecule has 0 unspecified atom stereocenters. The fraction of sp³-hybridized carbons (Fsp3) is 1.00. The van der Waals surface area contributed by atoms with Gasteiger partial charge in [0, 0.05) is 25.7 Å². The third-order valence-electron chi connectivity index (χ3n) is 2.75. The monoisotopic (exact) mass is 158 g/mol. The molecule has 0 spiro atoms. The molecular formula is C8H15FN2. The summed E-state index contributed by atoms with van der Waals surface area (Å²) in [5.74, 6) is 0. The first-order valence-electron chi connectivity index (χ1n) is 4.32. The summed E-state index contributed by atoms with van der Waals surface area (Å²) in [7, 11) is 2.13. The Kier molecular flexibility index (Phi) is 1.85. The zero-order chi connectivity index (χ0) is 7.84. The van der Waals surface area contributed by atoms with Crippen LogP contribution in [-0.4, -0.2) is 55.2 Å². The van der Waals surface area contributed by atoms with Crippen molar-refractivity contribution in [2.75, 3.05) is 33.2 Å². The van der Waals surface area contributed by atoms with Crippen LogP contribution in [-0.2, 0) is 0 Å². The van der Waals surface area contributed by atoms with Crippen LogP contribution in [0.4, 0.5) is 4.39 Å². The number of likely N-dealkylation sites (tertiary alicyclic amines) is 2. The average Bonchev–Trinajstić information content (AvgIpc) is 2.29. The molecule has 0 bridgehead atoms. The summed E-state index contributed by atoms with van der Waals surface area (Å²) in [6, 6.07) is 0.645. The summed E-state index contributed by atoms with van der Waals surface area (Å²) in [6.07, 6.45) is 0.685. The lowest BCUT2D eigenvalue weighted by molar-refractivity contribution is 0.0312. The largest absolute Gasteiger partial charge is 0.305 e. The molecule has 3 heteroatoms. The zero-order valence-electron chi connectivity index (χ0n) is 6.96. The number of nitrogens with zero attached hydrogens (tertiary/aromatic N) is 2. The Hall–Kier alpha value is -0.150. The van der Waals surface area contributed by atoms with Crippen LogP contribution in [0.15, 0.2) is 0 Å². The Morgan fingerprint density at radius 1 is 1.27 bits per heavy atom. The van der Waals surface area contributed by atoms with Gasteiger partial charge in [-0.3, -0.25) is 4.90 Å². The molecule has 2 rings (SSSR count). The van der Waals surface area contributed by atoms with E-state index in [-0.39, 0.29) is 0 Å². The SMILES string of the molecule is CN1CC[C@H](N2CC(F)C2)C1. The van der Waals surface area contributed by atoms with Gasteiger partial charge < -0.3 is 4.90 Å².